The van der Waals surface area contributed by atoms with E-state index in [1.54, 1.807) is 4.90 Å². The zero-order valence-corrected chi connectivity index (χ0v) is 18.1. The normalized spacial score (nSPS) is 21.5. The monoisotopic (exact) mass is 418 g/mol. The number of amides is 2. The number of aryl methyl sites for hydroxylation is 2. The van der Waals surface area contributed by atoms with E-state index in [0.29, 0.717) is 6.54 Å². The van der Waals surface area contributed by atoms with E-state index in [1.165, 1.54) is 17.5 Å². The predicted molar refractivity (Wildman–Crippen MR) is 124 cm³/mol. The van der Waals surface area contributed by atoms with Crippen LogP contribution in [-0.4, -0.2) is 56.5 Å². The number of nitrogens with zero attached hydrogens (tertiary/aromatic N) is 3. The van der Waals surface area contributed by atoms with Crippen LogP contribution in [0.1, 0.15) is 24.0 Å². The van der Waals surface area contributed by atoms with Gasteiger partial charge in [0.1, 0.15) is 0 Å². The Morgan fingerprint density at radius 1 is 1.00 bits per heavy atom. The summed E-state index contributed by atoms with van der Waals surface area (Å²) in [4.78, 5) is 32.2. The van der Waals surface area contributed by atoms with Crippen molar-refractivity contribution in [1.82, 2.24) is 4.90 Å². The lowest BCUT2D eigenvalue weighted by Gasteiger charge is -2.35. The molecule has 0 spiro atoms. The predicted octanol–water partition coefficient (Wildman–Crippen LogP) is 2.92. The van der Waals surface area contributed by atoms with Gasteiger partial charge in [-0.15, -0.1) is 0 Å². The van der Waals surface area contributed by atoms with E-state index < -0.39 is 0 Å². The van der Waals surface area contributed by atoms with E-state index in [4.69, 9.17) is 0 Å². The van der Waals surface area contributed by atoms with Crippen molar-refractivity contribution in [3.8, 4) is 0 Å². The van der Waals surface area contributed by atoms with E-state index in [9.17, 15) is 9.59 Å². The summed E-state index contributed by atoms with van der Waals surface area (Å²) in [6.07, 6.45) is 3.66. The third-order valence-electron chi connectivity index (χ3n) is 6.90. The van der Waals surface area contributed by atoms with Gasteiger partial charge in [0.05, 0.1) is 17.3 Å². The van der Waals surface area contributed by atoms with Gasteiger partial charge < -0.3 is 20.0 Å². The summed E-state index contributed by atoms with van der Waals surface area (Å²) < 4.78 is 0. The minimum Gasteiger partial charge on any atom is -0.367 e. The molecule has 1 aliphatic carbocycles. The van der Waals surface area contributed by atoms with Gasteiger partial charge in [0.15, 0.2) is 0 Å². The molecule has 1 unspecified atom stereocenters. The molecule has 2 aliphatic heterocycles. The number of likely N-dealkylation sites (N-methyl/N-ethyl adjacent to an activating group) is 1. The quantitative estimate of drug-likeness (QED) is 0.830. The first-order chi connectivity index (χ1) is 15.1. The van der Waals surface area contributed by atoms with Crippen molar-refractivity contribution < 1.29 is 9.59 Å². The number of carbonyl (C=O) groups excluding carboxylic acids is 2. The SMILES string of the molecule is CN1CCN(c2ccccc2NC(=O)C2CC(=O)N(c3ccc4c(c3)CCC4)C2)CC1. The lowest BCUT2D eigenvalue weighted by Crippen LogP contribution is -2.44. The zero-order valence-electron chi connectivity index (χ0n) is 18.1. The summed E-state index contributed by atoms with van der Waals surface area (Å²) in [6.45, 7) is 4.35. The van der Waals surface area contributed by atoms with Gasteiger partial charge in [0.2, 0.25) is 11.8 Å². The van der Waals surface area contributed by atoms with E-state index in [2.05, 4.69) is 40.4 Å². The summed E-state index contributed by atoms with van der Waals surface area (Å²) in [5.74, 6) is -0.370. The van der Waals surface area contributed by atoms with Crippen LogP contribution in [0.15, 0.2) is 42.5 Å². The minimum atomic E-state index is -0.332. The number of piperazine rings is 1. The van der Waals surface area contributed by atoms with E-state index >= 15 is 0 Å². The van der Waals surface area contributed by atoms with Gasteiger partial charge in [0, 0.05) is 44.8 Å². The number of para-hydroxylation sites is 2. The Hall–Kier alpha value is -2.86. The molecule has 2 heterocycles. The molecule has 0 bridgehead atoms. The first kappa shape index (κ1) is 20.1. The number of benzene rings is 2. The second-order valence-electron chi connectivity index (χ2n) is 9.01. The minimum absolute atomic E-state index is 0.0328. The molecular weight excluding hydrogens is 388 g/mol. The fourth-order valence-corrected chi connectivity index (χ4v) is 5.00. The molecule has 2 amide bonds. The van der Waals surface area contributed by atoms with Crippen LogP contribution >= 0.6 is 0 Å². The highest BCUT2D eigenvalue weighted by molar-refractivity contribution is 6.04. The van der Waals surface area contributed by atoms with Gasteiger partial charge in [-0.1, -0.05) is 18.2 Å². The van der Waals surface area contributed by atoms with Crippen LogP contribution in [0.3, 0.4) is 0 Å². The van der Waals surface area contributed by atoms with E-state index in [0.717, 1.165) is 56.1 Å². The Morgan fingerprint density at radius 2 is 1.77 bits per heavy atom. The largest absolute Gasteiger partial charge is 0.367 e. The third-order valence-corrected chi connectivity index (χ3v) is 6.90. The van der Waals surface area contributed by atoms with Gasteiger partial charge in [-0.25, -0.2) is 0 Å². The molecule has 0 saturated carbocycles. The Labute approximate surface area is 183 Å². The fourth-order valence-electron chi connectivity index (χ4n) is 5.00. The van der Waals surface area contributed by atoms with Gasteiger partial charge in [-0.3, -0.25) is 9.59 Å². The molecule has 0 aromatic heterocycles. The topological polar surface area (TPSA) is 55.9 Å². The van der Waals surface area contributed by atoms with Crippen molar-refractivity contribution in [1.29, 1.82) is 0 Å². The standard InChI is InChI=1S/C25H30N4O2/c1-27-11-13-28(14-12-27)23-8-3-2-7-22(23)26-25(31)20-16-24(30)29(17-20)21-10-9-18-5-4-6-19(18)15-21/h2-3,7-10,15,20H,4-6,11-14,16-17H2,1H3,(H,26,31). The highest BCUT2D eigenvalue weighted by Crippen LogP contribution is 2.32. The Morgan fingerprint density at radius 3 is 2.61 bits per heavy atom. The van der Waals surface area contributed by atoms with Crippen LogP contribution in [0.25, 0.3) is 0 Å². The van der Waals surface area contributed by atoms with Gasteiger partial charge in [-0.05, 0) is 61.7 Å². The molecule has 6 nitrogen and oxygen atoms in total. The van der Waals surface area contributed by atoms with Crippen molar-refractivity contribution in [3.05, 3.63) is 53.6 Å². The number of fused-ring (bicyclic) bond motifs is 1. The average molecular weight is 419 g/mol. The van der Waals surface area contributed by atoms with Crippen molar-refractivity contribution in [2.24, 2.45) is 5.92 Å². The molecule has 6 heteroatoms. The highest BCUT2D eigenvalue weighted by Gasteiger charge is 2.36. The first-order valence-electron chi connectivity index (χ1n) is 11.3. The number of hydrogen-bond acceptors (Lipinski definition) is 4. The van der Waals surface area contributed by atoms with Crippen LogP contribution in [0.2, 0.25) is 0 Å². The maximum Gasteiger partial charge on any atom is 0.229 e. The Kier molecular flexibility index (Phi) is 5.40. The molecule has 162 valence electrons. The average Bonchev–Trinajstić information content (AvgIpc) is 3.40. The number of carbonyl (C=O) groups is 2. The molecule has 1 atom stereocenters. The molecule has 2 fully saturated rings. The smallest absolute Gasteiger partial charge is 0.229 e. The second kappa shape index (κ2) is 8.35. The lowest BCUT2D eigenvalue weighted by molar-refractivity contribution is -0.122. The molecular formula is C25H30N4O2. The van der Waals surface area contributed by atoms with Crippen molar-refractivity contribution in [2.75, 3.05) is 54.9 Å². The van der Waals surface area contributed by atoms with Crippen LogP contribution in [0, 0.1) is 5.92 Å². The lowest BCUT2D eigenvalue weighted by atomic mass is 10.1. The first-order valence-corrected chi connectivity index (χ1v) is 11.3. The van der Waals surface area contributed by atoms with Gasteiger partial charge in [0.25, 0.3) is 0 Å². The summed E-state index contributed by atoms with van der Waals surface area (Å²) in [6, 6.07) is 14.3. The maximum absolute atomic E-state index is 13.1. The molecule has 2 aromatic carbocycles. The third kappa shape index (κ3) is 4.04. The van der Waals surface area contributed by atoms with E-state index in [1.807, 2.05) is 24.3 Å². The van der Waals surface area contributed by atoms with Crippen molar-refractivity contribution >= 4 is 28.9 Å². The van der Waals surface area contributed by atoms with Crippen LogP contribution in [0.5, 0.6) is 0 Å². The zero-order chi connectivity index (χ0) is 21.4. The van der Waals surface area contributed by atoms with Gasteiger partial charge in [-0.2, -0.15) is 0 Å². The van der Waals surface area contributed by atoms with Crippen LogP contribution < -0.4 is 15.1 Å². The van der Waals surface area contributed by atoms with Gasteiger partial charge >= 0.3 is 0 Å². The fraction of sp³-hybridized carbons (Fsp3) is 0.440. The maximum atomic E-state index is 13.1. The molecule has 1 N–H and O–H groups in total. The van der Waals surface area contributed by atoms with Crippen LogP contribution in [0.4, 0.5) is 17.1 Å². The molecule has 31 heavy (non-hydrogen) atoms. The van der Waals surface area contributed by atoms with E-state index in [-0.39, 0.29) is 24.2 Å². The molecule has 0 radical (unpaired) electrons. The number of nitrogens with one attached hydrogen (secondary N) is 1. The number of hydrogen-bond donors (Lipinski definition) is 1. The molecule has 2 aromatic rings. The molecule has 5 rings (SSSR count). The molecule has 3 aliphatic rings. The Bertz CT molecular complexity index is 997. The summed E-state index contributed by atoms with van der Waals surface area (Å²) in [5, 5.41) is 3.12. The number of anilines is 3. The second-order valence-corrected chi connectivity index (χ2v) is 9.01. The highest BCUT2D eigenvalue weighted by atomic mass is 16.2. The summed E-state index contributed by atoms with van der Waals surface area (Å²) in [7, 11) is 2.13. The summed E-state index contributed by atoms with van der Waals surface area (Å²) in [5.41, 5.74) is 5.56. The number of rotatable bonds is 4. The van der Waals surface area contributed by atoms with Crippen molar-refractivity contribution in [3.63, 3.8) is 0 Å². The summed E-state index contributed by atoms with van der Waals surface area (Å²) >= 11 is 0. The molecule has 2 saturated heterocycles. The van der Waals surface area contributed by atoms with Crippen molar-refractivity contribution in [2.45, 2.75) is 25.7 Å². The van der Waals surface area contributed by atoms with Crippen LogP contribution in [-0.2, 0) is 22.4 Å². The Balaban J connectivity index is 1.28.